The Morgan fingerprint density at radius 2 is 1.61 bits per heavy atom. The van der Waals surface area contributed by atoms with Crippen molar-refractivity contribution >= 4 is 23.6 Å². The highest BCUT2D eigenvalue weighted by molar-refractivity contribution is 5.99. The summed E-state index contributed by atoms with van der Waals surface area (Å²) in [5.74, 6) is -0.584. The quantitative estimate of drug-likeness (QED) is 0.527. The minimum Gasteiger partial charge on any atom is -0.444 e. The van der Waals surface area contributed by atoms with Crippen molar-refractivity contribution in [3.63, 3.8) is 0 Å². The third kappa shape index (κ3) is 6.45. The summed E-state index contributed by atoms with van der Waals surface area (Å²) in [5.41, 5.74) is 3.75. The number of alkyl carbamates (subject to hydrolysis) is 1. The molecule has 1 fully saturated rings. The minimum atomic E-state index is -0.862. The predicted molar refractivity (Wildman–Crippen MR) is 142 cm³/mol. The molecule has 3 amide bonds. The number of nitrogens with zero attached hydrogens (tertiary/aromatic N) is 1. The van der Waals surface area contributed by atoms with Gasteiger partial charge in [-0.25, -0.2) is 4.79 Å². The lowest BCUT2D eigenvalue weighted by Crippen LogP contribution is -2.56. The monoisotopic (exact) mass is 493 g/mol. The number of nitrogens with one attached hydrogen (secondary N) is 2. The van der Waals surface area contributed by atoms with Crippen LogP contribution in [-0.2, 0) is 14.3 Å². The smallest absolute Gasteiger partial charge is 0.408 e. The van der Waals surface area contributed by atoms with E-state index in [1.165, 1.54) is 0 Å². The first-order chi connectivity index (χ1) is 16.9. The SMILES string of the molecule is Cc1ccccc1NC(=O)C(c1cccc(C)c1C)N(C(=O)C(C)NC(=O)OC(C)(C)C)C1CCC1. The van der Waals surface area contributed by atoms with Gasteiger partial charge in [-0.15, -0.1) is 0 Å². The fourth-order valence-corrected chi connectivity index (χ4v) is 4.35. The molecule has 0 aliphatic heterocycles. The summed E-state index contributed by atoms with van der Waals surface area (Å²) in [6.45, 7) is 12.9. The largest absolute Gasteiger partial charge is 0.444 e. The van der Waals surface area contributed by atoms with Crippen molar-refractivity contribution in [2.45, 2.75) is 91.5 Å². The molecule has 2 N–H and O–H groups in total. The molecule has 0 heterocycles. The second-order valence-corrected chi connectivity index (χ2v) is 10.7. The first-order valence-corrected chi connectivity index (χ1v) is 12.6. The van der Waals surface area contributed by atoms with E-state index in [0.29, 0.717) is 5.69 Å². The molecule has 0 aromatic heterocycles. The van der Waals surface area contributed by atoms with Gasteiger partial charge < -0.3 is 20.3 Å². The average molecular weight is 494 g/mol. The Labute approximate surface area is 214 Å². The molecule has 2 atom stereocenters. The van der Waals surface area contributed by atoms with E-state index in [1.807, 2.05) is 63.2 Å². The normalized spacial score (nSPS) is 15.3. The molecule has 0 saturated heterocycles. The van der Waals surface area contributed by atoms with Crippen LogP contribution >= 0.6 is 0 Å². The van der Waals surface area contributed by atoms with Gasteiger partial charge >= 0.3 is 6.09 Å². The van der Waals surface area contributed by atoms with Crippen molar-refractivity contribution in [3.05, 3.63) is 64.7 Å². The topological polar surface area (TPSA) is 87.7 Å². The Kier molecular flexibility index (Phi) is 8.43. The number of hydrogen-bond acceptors (Lipinski definition) is 4. The van der Waals surface area contributed by atoms with Gasteiger partial charge in [0.2, 0.25) is 5.91 Å². The number of carbonyl (C=O) groups excluding carboxylic acids is 3. The van der Waals surface area contributed by atoms with Crippen molar-refractivity contribution in [2.75, 3.05) is 5.32 Å². The summed E-state index contributed by atoms with van der Waals surface area (Å²) in [6.07, 6.45) is 1.94. The highest BCUT2D eigenvalue weighted by Crippen LogP contribution is 2.36. The Balaban J connectivity index is 2.00. The van der Waals surface area contributed by atoms with E-state index in [-0.39, 0.29) is 17.9 Å². The number of aryl methyl sites for hydroxylation is 2. The maximum atomic E-state index is 13.9. The number of anilines is 1. The zero-order chi connectivity index (χ0) is 26.6. The van der Waals surface area contributed by atoms with Crippen LogP contribution in [0.5, 0.6) is 0 Å². The van der Waals surface area contributed by atoms with Crippen molar-refractivity contribution < 1.29 is 19.1 Å². The van der Waals surface area contributed by atoms with E-state index in [2.05, 4.69) is 10.6 Å². The summed E-state index contributed by atoms with van der Waals surface area (Å²) in [6, 6.07) is 11.6. The third-order valence-corrected chi connectivity index (χ3v) is 6.70. The molecule has 1 saturated carbocycles. The zero-order valence-corrected chi connectivity index (χ0v) is 22.5. The molecule has 0 radical (unpaired) electrons. The van der Waals surface area contributed by atoms with Crippen LogP contribution in [0.25, 0.3) is 0 Å². The van der Waals surface area contributed by atoms with E-state index in [9.17, 15) is 14.4 Å². The average Bonchev–Trinajstić information content (AvgIpc) is 2.74. The molecule has 2 unspecified atom stereocenters. The number of benzene rings is 2. The number of amides is 3. The third-order valence-electron chi connectivity index (χ3n) is 6.70. The van der Waals surface area contributed by atoms with Crippen LogP contribution in [0, 0.1) is 20.8 Å². The minimum absolute atomic E-state index is 0.0899. The van der Waals surface area contributed by atoms with Gasteiger partial charge in [0.05, 0.1) is 0 Å². The van der Waals surface area contributed by atoms with Gasteiger partial charge in [0, 0.05) is 11.7 Å². The van der Waals surface area contributed by atoms with Gasteiger partial charge in [0.1, 0.15) is 17.7 Å². The first kappa shape index (κ1) is 27.2. The van der Waals surface area contributed by atoms with Crippen molar-refractivity contribution in [1.29, 1.82) is 0 Å². The lowest BCUT2D eigenvalue weighted by atomic mass is 9.87. The van der Waals surface area contributed by atoms with E-state index >= 15 is 0 Å². The Morgan fingerprint density at radius 1 is 0.972 bits per heavy atom. The van der Waals surface area contributed by atoms with Gasteiger partial charge in [-0.2, -0.15) is 0 Å². The fourth-order valence-electron chi connectivity index (χ4n) is 4.35. The van der Waals surface area contributed by atoms with Crippen molar-refractivity contribution in [3.8, 4) is 0 Å². The van der Waals surface area contributed by atoms with Crippen molar-refractivity contribution in [2.24, 2.45) is 0 Å². The Bertz CT molecular complexity index is 1120. The maximum Gasteiger partial charge on any atom is 0.408 e. The van der Waals surface area contributed by atoms with Crippen molar-refractivity contribution in [1.82, 2.24) is 10.2 Å². The van der Waals surface area contributed by atoms with Crippen LogP contribution in [0.2, 0.25) is 0 Å². The standard InChI is InChI=1S/C29H39N3O4/c1-18-13-10-16-23(20(18)3)25(26(33)31-24-17-9-8-12-19(24)2)32(22-14-11-15-22)27(34)21(4)30-28(35)36-29(5,6)7/h8-10,12-13,16-17,21-22,25H,11,14-15H2,1-7H3,(H,30,35)(H,31,33). The number of rotatable bonds is 7. The first-order valence-electron chi connectivity index (χ1n) is 12.6. The Hall–Kier alpha value is -3.35. The molecule has 1 aliphatic carbocycles. The zero-order valence-electron chi connectivity index (χ0n) is 22.5. The van der Waals surface area contributed by atoms with Gasteiger partial charge in [0.15, 0.2) is 0 Å². The van der Waals surface area contributed by atoms with Crippen LogP contribution in [0.3, 0.4) is 0 Å². The molecule has 3 rings (SSSR count). The summed E-state index contributed by atoms with van der Waals surface area (Å²) in [7, 11) is 0. The number of ether oxygens (including phenoxy) is 1. The highest BCUT2D eigenvalue weighted by Gasteiger charge is 2.41. The van der Waals surface area contributed by atoms with E-state index in [1.54, 1.807) is 32.6 Å². The lowest BCUT2D eigenvalue weighted by Gasteiger charge is -2.43. The van der Waals surface area contributed by atoms with Gasteiger partial charge in [0.25, 0.3) is 5.91 Å². The molecule has 7 heteroatoms. The van der Waals surface area contributed by atoms with Crippen LogP contribution in [0.15, 0.2) is 42.5 Å². The second kappa shape index (κ2) is 11.1. The maximum absolute atomic E-state index is 13.9. The lowest BCUT2D eigenvalue weighted by molar-refractivity contribution is -0.145. The highest BCUT2D eigenvalue weighted by atomic mass is 16.6. The Morgan fingerprint density at radius 3 is 2.19 bits per heavy atom. The molecule has 0 bridgehead atoms. The molecule has 2 aromatic rings. The number of para-hydroxylation sites is 1. The van der Waals surface area contributed by atoms with E-state index in [4.69, 9.17) is 4.74 Å². The van der Waals surface area contributed by atoms with Gasteiger partial charge in [-0.1, -0.05) is 36.4 Å². The summed E-state index contributed by atoms with van der Waals surface area (Å²) >= 11 is 0. The van der Waals surface area contributed by atoms with Crippen LogP contribution in [0.1, 0.15) is 75.3 Å². The van der Waals surface area contributed by atoms with Crippen LogP contribution in [-0.4, -0.2) is 40.5 Å². The van der Waals surface area contributed by atoms with E-state index in [0.717, 1.165) is 41.5 Å². The molecule has 7 nitrogen and oxygen atoms in total. The molecular formula is C29H39N3O4. The number of hydrogen-bond donors (Lipinski definition) is 2. The molecule has 194 valence electrons. The van der Waals surface area contributed by atoms with Crippen LogP contribution < -0.4 is 10.6 Å². The number of carbonyl (C=O) groups is 3. The van der Waals surface area contributed by atoms with E-state index < -0.39 is 23.8 Å². The second-order valence-electron chi connectivity index (χ2n) is 10.7. The summed E-state index contributed by atoms with van der Waals surface area (Å²) in [5, 5.41) is 5.73. The molecular weight excluding hydrogens is 454 g/mol. The predicted octanol–water partition coefficient (Wildman–Crippen LogP) is 5.59. The van der Waals surface area contributed by atoms with Gasteiger partial charge in [-0.3, -0.25) is 9.59 Å². The van der Waals surface area contributed by atoms with Gasteiger partial charge in [-0.05, 0) is 96.0 Å². The fraction of sp³-hybridized carbons (Fsp3) is 0.483. The van der Waals surface area contributed by atoms with Crippen LogP contribution in [0.4, 0.5) is 10.5 Å². The molecule has 2 aromatic carbocycles. The summed E-state index contributed by atoms with van der Waals surface area (Å²) < 4.78 is 5.36. The molecule has 0 spiro atoms. The molecule has 1 aliphatic rings. The summed E-state index contributed by atoms with van der Waals surface area (Å²) in [4.78, 5) is 41.9. The molecule has 36 heavy (non-hydrogen) atoms.